The van der Waals surface area contributed by atoms with Gasteiger partial charge in [-0.05, 0) is 52.2 Å². The SMILES string of the molecule is CC(C(=O)NC(Cc1ccccc1)CC(O)C(Cc1ccccc1)N(P)PP)N1CCCNC1=O.II. The number of amides is 3. The second kappa shape index (κ2) is 18.2. The molecule has 1 heterocycles. The molecule has 0 aliphatic carbocycles. The van der Waals surface area contributed by atoms with Crippen LogP contribution in [-0.2, 0) is 17.6 Å². The van der Waals surface area contributed by atoms with Crippen molar-refractivity contribution in [3.8, 4) is 0 Å². The molecular formula is C25H37I2N4O3P3. The number of carbonyl (C=O) groups excluding carboxylic acids is 2. The Bertz CT molecular complexity index is 949. The van der Waals surface area contributed by atoms with Crippen molar-refractivity contribution < 1.29 is 14.7 Å². The highest BCUT2D eigenvalue weighted by Crippen LogP contribution is 2.36. The molecule has 1 aliphatic rings. The lowest BCUT2D eigenvalue weighted by molar-refractivity contribution is -0.126. The Balaban J connectivity index is 0.00000235. The van der Waals surface area contributed by atoms with E-state index in [4.69, 9.17) is 0 Å². The van der Waals surface area contributed by atoms with Crippen LogP contribution in [0.25, 0.3) is 0 Å². The van der Waals surface area contributed by atoms with E-state index in [0.29, 0.717) is 40.8 Å². The van der Waals surface area contributed by atoms with Crippen LogP contribution in [-0.4, -0.2) is 63.7 Å². The van der Waals surface area contributed by atoms with Gasteiger partial charge in [0.25, 0.3) is 0 Å². The van der Waals surface area contributed by atoms with Crippen molar-refractivity contribution in [2.75, 3.05) is 13.1 Å². The maximum atomic E-state index is 13.2. The van der Waals surface area contributed by atoms with Crippen molar-refractivity contribution in [2.24, 2.45) is 0 Å². The predicted molar refractivity (Wildman–Crippen MR) is 178 cm³/mol. The molecule has 7 unspecified atom stereocenters. The van der Waals surface area contributed by atoms with E-state index in [-0.39, 0.29) is 24.0 Å². The monoisotopic (exact) mass is 788 g/mol. The van der Waals surface area contributed by atoms with Crippen molar-refractivity contribution in [3.05, 3.63) is 71.8 Å². The molecule has 12 heteroatoms. The highest BCUT2D eigenvalue weighted by Gasteiger charge is 2.31. The summed E-state index contributed by atoms with van der Waals surface area (Å²) in [5.74, 6) is -0.203. The molecule has 204 valence electrons. The first-order valence-corrected chi connectivity index (χ1v) is 21.7. The summed E-state index contributed by atoms with van der Waals surface area (Å²) in [7, 11) is 5.89. The number of aliphatic hydroxyl groups is 1. The third kappa shape index (κ3) is 11.1. The van der Waals surface area contributed by atoms with Gasteiger partial charge in [0.05, 0.1) is 6.10 Å². The average Bonchev–Trinajstić information content (AvgIpc) is 2.93. The number of aliphatic hydroxyl groups excluding tert-OH is 1. The summed E-state index contributed by atoms with van der Waals surface area (Å²) in [6.07, 6.45) is 1.85. The maximum Gasteiger partial charge on any atom is 0.318 e. The molecule has 1 fully saturated rings. The van der Waals surface area contributed by atoms with Gasteiger partial charge in [-0.25, -0.2) is 4.79 Å². The Kier molecular flexibility index (Phi) is 16.3. The molecule has 7 atom stereocenters. The van der Waals surface area contributed by atoms with Gasteiger partial charge in [0.1, 0.15) is 6.04 Å². The van der Waals surface area contributed by atoms with Crippen molar-refractivity contribution in [2.45, 2.75) is 56.8 Å². The minimum atomic E-state index is -0.664. The molecule has 0 saturated carbocycles. The number of benzene rings is 2. The molecule has 0 aromatic heterocycles. The Hall–Kier alpha value is -0.150. The molecule has 3 amide bonds. The van der Waals surface area contributed by atoms with Gasteiger partial charge in [0.15, 0.2) is 0 Å². The Morgan fingerprint density at radius 3 is 2.24 bits per heavy atom. The van der Waals surface area contributed by atoms with Gasteiger partial charge in [-0.2, -0.15) is 0 Å². The van der Waals surface area contributed by atoms with Crippen LogP contribution in [0.2, 0.25) is 0 Å². The smallest absolute Gasteiger partial charge is 0.318 e. The van der Waals surface area contributed by atoms with Crippen LogP contribution in [0.1, 0.15) is 30.9 Å². The molecule has 7 nitrogen and oxygen atoms in total. The van der Waals surface area contributed by atoms with Crippen LogP contribution in [0.15, 0.2) is 60.7 Å². The second-order valence-corrected chi connectivity index (χ2v) is 11.6. The lowest BCUT2D eigenvalue weighted by Gasteiger charge is -2.35. The molecule has 0 radical (unpaired) electrons. The van der Waals surface area contributed by atoms with Gasteiger partial charge in [-0.15, -0.1) is 0 Å². The fourth-order valence-electron chi connectivity index (χ4n) is 4.39. The zero-order valence-electron chi connectivity index (χ0n) is 20.9. The van der Waals surface area contributed by atoms with Crippen LogP contribution in [0.4, 0.5) is 4.79 Å². The van der Waals surface area contributed by atoms with Crippen molar-refractivity contribution in [1.82, 2.24) is 20.0 Å². The zero-order chi connectivity index (χ0) is 27.2. The van der Waals surface area contributed by atoms with E-state index in [1.165, 1.54) is 0 Å². The van der Waals surface area contributed by atoms with Gasteiger partial charge >= 0.3 is 6.03 Å². The molecule has 3 rings (SSSR count). The van der Waals surface area contributed by atoms with E-state index in [2.05, 4.69) is 82.8 Å². The number of hydrogen-bond acceptors (Lipinski definition) is 4. The Labute approximate surface area is 250 Å². The molecule has 1 saturated heterocycles. The summed E-state index contributed by atoms with van der Waals surface area (Å²) >= 11 is 4.24. The van der Waals surface area contributed by atoms with Gasteiger partial charge < -0.3 is 20.6 Å². The van der Waals surface area contributed by atoms with Crippen LogP contribution < -0.4 is 10.6 Å². The molecule has 0 spiro atoms. The zero-order valence-corrected chi connectivity index (χ0v) is 28.5. The topological polar surface area (TPSA) is 84.9 Å². The minimum Gasteiger partial charge on any atom is -0.391 e. The highest BCUT2D eigenvalue weighted by molar-refractivity contribution is 15.0. The third-order valence-electron chi connectivity index (χ3n) is 6.40. The molecular weight excluding hydrogens is 751 g/mol. The second-order valence-electron chi connectivity index (χ2n) is 8.95. The maximum absolute atomic E-state index is 13.2. The number of rotatable bonds is 12. The average molecular weight is 788 g/mol. The minimum absolute atomic E-state index is 0.126. The number of halogens is 2. The summed E-state index contributed by atoms with van der Waals surface area (Å²) in [4.78, 5) is 27.0. The van der Waals surface area contributed by atoms with Crippen LogP contribution in [0.3, 0.4) is 0 Å². The van der Waals surface area contributed by atoms with E-state index in [1.807, 2.05) is 48.5 Å². The summed E-state index contributed by atoms with van der Waals surface area (Å²) in [5.41, 5.74) is 2.24. The van der Waals surface area contributed by atoms with Crippen molar-refractivity contribution in [3.63, 3.8) is 0 Å². The Morgan fingerprint density at radius 1 is 1.14 bits per heavy atom. The van der Waals surface area contributed by atoms with Gasteiger partial charge in [0.2, 0.25) is 5.91 Å². The number of carbonyl (C=O) groups is 2. The summed E-state index contributed by atoms with van der Waals surface area (Å²) in [6, 6.07) is 18.9. The number of nitrogens with zero attached hydrogens (tertiary/aromatic N) is 2. The third-order valence-corrected chi connectivity index (χ3v) is 9.64. The first-order valence-electron chi connectivity index (χ1n) is 12.1. The molecule has 3 N–H and O–H groups in total. The van der Waals surface area contributed by atoms with Gasteiger partial charge in [-0.1, -0.05) is 79.0 Å². The number of urea groups is 1. The molecule has 2 aromatic carbocycles. The van der Waals surface area contributed by atoms with E-state index >= 15 is 0 Å². The van der Waals surface area contributed by atoms with Crippen LogP contribution in [0.5, 0.6) is 0 Å². The summed E-state index contributed by atoms with van der Waals surface area (Å²) in [5, 5.41) is 17.3. The Morgan fingerprint density at radius 2 is 1.70 bits per heavy atom. The van der Waals surface area contributed by atoms with Crippen LogP contribution in [0, 0.1) is 0 Å². The van der Waals surface area contributed by atoms with E-state index in [1.54, 1.807) is 11.8 Å². The lowest BCUT2D eigenvalue weighted by Crippen LogP contribution is -2.56. The normalized spacial score (nSPS) is 16.9. The fraction of sp³-hybridized carbons (Fsp3) is 0.440. The standard InChI is InChI=1S/C25H37N4O3P3.I2/c1-18(28-14-8-13-26-25(28)32)24(31)27-21(15-19-9-4-2-5-10-19)17-23(30)22(29(33)35-34)16-20-11-6-3-7-12-20;1-2/h2-7,9-12,18,21-23,30,35H,8,13-17,33-34H2,1H3,(H,26,32)(H,27,31);. The van der Waals surface area contributed by atoms with Crippen molar-refractivity contribution in [1.29, 1.82) is 0 Å². The fourth-order valence-corrected chi connectivity index (χ4v) is 5.73. The van der Waals surface area contributed by atoms with E-state index < -0.39 is 12.1 Å². The lowest BCUT2D eigenvalue weighted by atomic mass is 9.94. The first kappa shape index (κ1) is 33.1. The summed E-state index contributed by atoms with van der Waals surface area (Å²) < 4.78 is 2.07. The molecule has 0 bridgehead atoms. The molecule has 2 aromatic rings. The molecule has 37 heavy (non-hydrogen) atoms. The van der Waals surface area contributed by atoms with Crippen LogP contribution >= 0.6 is 64.0 Å². The molecule has 1 aliphatic heterocycles. The quantitative estimate of drug-likeness (QED) is 0.206. The number of hydrogen-bond donors (Lipinski definition) is 3. The number of nitrogens with one attached hydrogen (secondary N) is 2. The van der Waals surface area contributed by atoms with Gasteiger partial charge in [-0.3, -0.25) is 9.24 Å². The summed E-state index contributed by atoms with van der Waals surface area (Å²) in [6.45, 7) is 2.95. The van der Waals surface area contributed by atoms with E-state index in [9.17, 15) is 14.7 Å². The first-order chi connectivity index (χ1) is 17.9. The van der Waals surface area contributed by atoms with Crippen molar-refractivity contribution >= 4 is 75.9 Å². The highest BCUT2D eigenvalue weighted by atomic mass is 128. The largest absolute Gasteiger partial charge is 0.391 e. The van der Waals surface area contributed by atoms with Gasteiger partial charge in [0, 0.05) is 62.4 Å². The predicted octanol–water partition coefficient (Wildman–Crippen LogP) is 5.13. The van der Waals surface area contributed by atoms with E-state index in [0.717, 1.165) is 17.5 Å².